The molecule has 0 unspecified atom stereocenters. The van der Waals surface area contributed by atoms with Crippen molar-refractivity contribution >= 4 is 11.6 Å². The predicted molar refractivity (Wildman–Crippen MR) is 64.4 cm³/mol. The fourth-order valence-electron chi connectivity index (χ4n) is 1.72. The number of phenols is 1. The van der Waals surface area contributed by atoms with Crippen molar-refractivity contribution in [3.8, 4) is 5.75 Å². The number of nitrogens with one attached hydrogen (secondary N) is 1. The molecular weight excluding hydrogens is 236 g/mol. The zero-order chi connectivity index (χ0) is 13.1. The maximum Gasteiger partial charge on any atom is 0.310 e. The van der Waals surface area contributed by atoms with E-state index in [0.717, 1.165) is 24.5 Å². The average Bonchev–Trinajstić information content (AvgIpc) is 3.12. The number of benzene rings is 1. The van der Waals surface area contributed by atoms with Gasteiger partial charge in [-0.05, 0) is 24.5 Å². The van der Waals surface area contributed by atoms with E-state index in [2.05, 4.69) is 5.32 Å². The van der Waals surface area contributed by atoms with Crippen LogP contribution in [0, 0.1) is 16.0 Å². The first kappa shape index (κ1) is 12.3. The Morgan fingerprint density at radius 1 is 1.50 bits per heavy atom. The average molecular weight is 250 g/mol. The quantitative estimate of drug-likeness (QED) is 0.616. The van der Waals surface area contributed by atoms with Crippen LogP contribution in [-0.2, 0) is 0 Å². The molecule has 1 aliphatic rings. The van der Waals surface area contributed by atoms with E-state index >= 15 is 0 Å². The zero-order valence-electron chi connectivity index (χ0n) is 9.76. The summed E-state index contributed by atoms with van der Waals surface area (Å²) in [5, 5.41) is 22.6. The molecule has 6 heteroatoms. The lowest BCUT2D eigenvalue weighted by Crippen LogP contribution is -2.24. The topological polar surface area (TPSA) is 92.5 Å². The van der Waals surface area contributed by atoms with Gasteiger partial charge >= 0.3 is 5.69 Å². The molecule has 0 saturated heterocycles. The number of hydrogen-bond acceptors (Lipinski definition) is 4. The summed E-state index contributed by atoms with van der Waals surface area (Å²) in [5.74, 6) is -0.0775. The molecule has 1 amide bonds. The number of carbonyl (C=O) groups is 1. The van der Waals surface area contributed by atoms with E-state index in [1.54, 1.807) is 0 Å². The van der Waals surface area contributed by atoms with Gasteiger partial charge in [-0.15, -0.1) is 0 Å². The van der Waals surface area contributed by atoms with Crippen LogP contribution >= 0.6 is 0 Å². The van der Waals surface area contributed by atoms with Crippen molar-refractivity contribution in [2.75, 3.05) is 6.54 Å². The Bertz CT molecular complexity index is 483. The Labute approximate surface area is 104 Å². The van der Waals surface area contributed by atoms with E-state index in [-0.39, 0.29) is 11.5 Å². The largest absolute Gasteiger partial charge is 0.502 e. The predicted octanol–water partition coefficient (Wildman–Crippen LogP) is 1.83. The van der Waals surface area contributed by atoms with Crippen LogP contribution in [0.25, 0.3) is 0 Å². The highest BCUT2D eigenvalue weighted by Gasteiger charge is 2.21. The summed E-state index contributed by atoms with van der Waals surface area (Å²) in [6, 6.07) is 3.58. The molecule has 0 bridgehead atoms. The third-order valence-corrected chi connectivity index (χ3v) is 2.97. The second kappa shape index (κ2) is 5.03. The first-order valence-corrected chi connectivity index (χ1v) is 5.83. The summed E-state index contributed by atoms with van der Waals surface area (Å²) in [6.07, 6.45) is 3.42. The smallest absolute Gasteiger partial charge is 0.310 e. The Hall–Kier alpha value is -2.11. The van der Waals surface area contributed by atoms with Crippen molar-refractivity contribution in [2.45, 2.75) is 19.3 Å². The second-order valence-electron chi connectivity index (χ2n) is 4.45. The van der Waals surface area contributed by atoms with Gasteiger partial charge in [-0.1, -0.05) is 12.8 Å². The minimum atomic E-state index is -0.690. The third-order valence-electron chi connectivity index (χ3n) is 2.97. The van der Waals surface area contributed by atoms with Crippen LogP contribution in [0.4, 0.5) is 5.69 Å². The van der Waals surface area contributed by atoms with Gasteiger partial charge in [-0.25, -0.2) is 0 Å². The lowest BCUT2D eigenvalue weighted by molar-refractivity contribution is -0.385. The lowest BCUT2D eigenvalue weighted by Gasteiger charge is -2.05. The van der Waals surface area contributed by atoms with Gasteiger partial charge in [0, 0.05) is 18.2 Å². The van der Waals surface area contributed by atoms with E-state index in [1.807, 2.05) is 0 Å². The Morgan fingerprint density at radius 3 is 2.78 bits per heavy atom. The number of carbonyl (C=O) groups excluding carboxylic acids is 1. The number of rotatable bonds is 5. The van der Waals surface area contributed by atoms with Gasteiger partial charge in [0.25, 0.3) is 5.91 Å². The fourth-order valence-corrected chi connectivity index (χ4v) is 1.72. The Kier molecular flexibility index (Phi) is 3.45. The fraction of sp³-hybridized carbons (Fsp3) is 0.417. The van der Waals surface area contributed by atoms with Gasteiger partial charge in [-0.3, -0.25) is 14.9 Å². The highest BCUT2D eigenvalue weighted by Crippen LogP contribution is 2.31. The van der Waals surface area contributed by atoms with Crippen LogP contribution in [0.5, 0.6) is 5.75 Å². The molecule has 0 atom stereocenters. The number of phenolic OH excluding ortho intramolecular Hbond substituents is 1. The molecule has 0 radical (unpaired) electrons. The molecule has 1 saturated carbocycles. The first-order valence-electron chi connectivity index (χ1n) is 5.83. The molecule has 1 aromatic rings. The van der Waals surface area contributed by atoms with Crippen molar-refractivity contribution in [1.29, 1.82) is 0 Å². The summed E-state index contributed by atoms with van der Waals surface area (Å²) in [5.41, 5.74) is -0.168. The van der Waals surface area contributed by atoms with Crippen LogP contribution in [0.15, 0.2) is 18.2 Å². The standard InChI is InChI=1S/C12H14N2O4/c15-11-7-9(3-4-10(11)14(17)18)12(16)13-6-5-8-1-2-8/h3-4,7-8,15H,1-2,5-6H2,(H,13,16). The van der Waals surface area contributed by atoms with Gasteiger partial charge in [0.15, 0.2) is 5.75 Å². The molecule has 96 valence electrons. The van der Waals surface area contributed by atoms with Gasteiger partial charge in [-0.2, -0.15) is 0 Å². The van der Waals surface area contributed by atoms with E-state index in [9.17, 15) is 20.0 Å². The summed E-state index contributed by atoms with van der Waals surface area (Å²) in [4.78, 5) is 21.5. The van der Waals surface area contributed by atoms with E-state index in [0.29, 0.717) is 6.54 Å². The van der Waals surface area contributed by atoms with Crippen molar-refractivity contribution in [1.82, 2.24) is 5.32 Å². The normalized spacial score (nSPS) is 14.2. The second-order valence-corrected chi connectivity index (χ2v) is 4.45. The molecule has 18 heavy (non-hydrogen) atoms. The van der Waals surface area contributed by atoms with Crippen LogP contribution in [0.2, 0.25) is 0 Å². The molecule has 1 fully saturated rings. The van der Waals surface area contributed by atoms with Crippen molar-refractivity contribution < 1.29 is 14.8 Å². The van der Waals surface area contributed by atoms with Gasteiger partial charge < -0.3 is 10.4 Å². The third kappa shape index (κ3) is 2.97. The lowest BCUT2D eigenvalue weighted by atomic mass is 10.1. The Morgan fingerprint density at radius 2 is 2.22 bits per heavy atom. The van der Waals surface area contributed by atoms with Crippen LogP contribution in [-0.4, -0.2) is 22.5 Å². The van der Waals surface area contributed by atoms with Crippen LogP contribution in [0.3, 0.4) is 0 Å². The van der Waals surface area contributed by atoms with Crippen LogP contribution in [0.1, 0.15) is 29.6 Å². The maximum absolute atomic E-state index is 11.7. The minimum absolute atomic E-state index is 0.230. The van der Waals surface area contributed by atoms with Crippen molar-refractivity contribution in [3.63, 3.8) is 0 Å². The SMILES string of the molecule is O=C(NCCC1CC1)c1ccc([N+](=O)[O-])c(O)c1. The molecule has 0 spiro atoms. The van der Waals surface area contributed by atoms with E-state index in [1.165, 1.54) is 18.9 Å². The van der Waals surface area contributed by atoms with Gasteiger partial charge in [0.1, 0.15) is 0 Å². The highest BCUT2D eigenvalue weighted by molar-refractivity contribution is 5.95. The maximum atomic E-state index is 11.7. The van der Waals surface area contributed by atoms with Gasteiger partial charge in [0.2, 0.25) is 0 Å². The molecule has 2 rings (SSSR count). The molecule has 6 nitrogen and oxygen atoms in total. The number of nitro benzene ring substituents is 1. The summed E-state index contributed by atoms with van der Waals surface area (Å²) < 4.78 is 0. The van der Waals surface area contributed by atoms with E-state index in [4.69, 9.17) is 0 Å². The van der Waals surface area contributed by atoms with Gasteiger partial charge in [0.05, 0.1) is 4.92 Å². The molecule has 0 heterocycles. The minimum Gasteiger partial charge on any atom is -0.502 e. The number of aromatic hydroxyl groups is 1. The number of hydrogen-bond donors (Lipinski definition) is 2. The number of nitrogens with zero attached hydrogens (tertiary/aromatic N) is 1. The summed E-state index contributed by atoms with van der Waals surface area (Å²) >= 11 is 0. The number of amides is 1. The summed E-state index contributed by atoms with van der Waals surface area (Å²) in [6.45, 7) is 0.598. The molecule has 1 aliphatic carbocycles. The number of nitro groups is 1. The van der Waals surface area contributed by atoms with Crippen molar-refractivity contribution in [2.24, 2.45) is 5.92 Å². The summed E-state index contributed by atoms with van der Waals surface area (Å²) in [7, 11) is 0. The molecule has 0 aromatic heterocycles. The highest BCUT2D eigenvalue weighted by atomic mass is 16.6. The van der Waals surface area contributed by atoms with Crippen molar-refractivity contribution in [3.05, 3.63) is 33.9 Å². The zero-order valence-corrected chi connectivity index (χ0v) is 9.76. The first-order chi connectivity index (χ1) is 8.58. The Balaban J connectivity index is 1.96. The molecular formula is C12H14N2O4. The van der Waals surface area contributed by atoms with E-state index < -0.39 is 16.4 Å². The van der Waals surface area contributed by atoms with Crippen LogP contribution < -0.4 is 5.32 Å². The molecule has 2 N–H and O–H groups in total. The monoisotopic (exact) mass is 250 g/mol. The molecule has 1 aromatic carbocycles. The molecule has 0 aliphatic heterocycles.